The summed E-state index contributed by atoms with van der Waals surface area (Å²) < 4.78 is 5.76. The molecular weight excluding hydrogens is 378 g/mol. The largest absolute Gasteiger partial charge is 0.489 e. The Kier molecular flexibility index (Phi) is 5.52. The van der Waals surface area contributed by atoms with Gasteiger partial charge in [0.15, 0.2) is 0 Å². The van der Waals surface area contributed by atoms with Crippen LogP contribution in [0.25, 0.3) is 10.9 Å². The first-order valence-corrected chi connectivity index (χ1v) is 9.60. The summed E-state index contributed by atoms with van der Waals surface area (Å²) in [5, 5.41) is 7.09. The summed E-state index contributed by atoms with van der Waals surface area (Å²) in [6.07, 6.45) is 3.09. The number of nitrogens with zero attached hydrogens (tertiary/aromatic N) is 3. The highest BCUT2D eigenvalue weighted by Gasteiger charge is 2.13. The van der Waals surface area contributed by atoms with E-state index in [1.54, 1.807) is 18.3 Å². The fourth-order valence-electron chi connectivity index (χ4n) is 3.01. The minimum atomic E-state index is -0.351. The van der Waals surface area contributed by atoms with Gasteiger partial charge in [0.05, 0.1) is 23.0 Å². The number of ether oxygens (including phenoxy) is 1. The highest BCUT2D eigenvalue weighted by molar-refractivity contribution is 6.04. The second kappa shape index (κ2) is 8.57. The third-order valence-electron chi connectivity index (χ3n) is 4.29. The molecule has 2 aromatic heterocycles. The van der Waals surface area contributed by atoms with E-state index in [9.17, 15) is 4.79 Å². The quantitative estimate of drug-likeness (QED) is 0.484. The van der Waals surface area contributed by atoms with Gasteiger partial charge < -0.3 is 15.4 Å². The maximum absolute atomic E-state index is 12.8. The molecule has 7 heteroatoms. The van der Waals surface area contributed by atoms with Gasteiger partial charge in [0, 0.05) is 17.6 Å². The van der Waals surface area contributed by atoms with Crippen LogP contribution in [0.1, 0.15) is 24.3 Å². The average Bonchev–Trinajstić information content (AvgIpc) is 2.75. The maximum Gasteiger partial charge on any atom is 0.274 e. The van der Waals surface area contributed by atoms with Crippen LogP contribution in [-0.4, -0.2) is 27.0 Å². The molecule has 2 aromatic carbocycles. The number of carbonyl (C=O) groups is 1. The molecule has 4 aromatic rings. The zero-order valence-electron chi connectivity index (χ0n) is 16.7. The Morgan fingerprint density at radius 3 is 2.60 bits per heavy atom. The summed E-state index contributed by atoms with van der Waals surface area (Å²) in [6, 6.07) is 18.6. The van der Waals surface area contributed by atoms with Gasteiger partial charge in [-0.15, -0.1) is 0 Å². The molecule has 0 radical (unpaired) electrons. The number of rotatable bonds is 6. The Labute approximate surface area is 174 Å². The Balaban J connectivity index is 1.56. The van der Waals surface area contributed by atoms with Crippen molar-refractivity contribution in [3.63, 3.8) is 0 Å². The Morgan fingerprint density at radius 2 is 1.73 bits per heavy atom. The number of nitrogens with one attached hydrogen (secondary N) is 2. The van der Waals surface area contributed by atoms with E-state index in [4.69, 9.17) is 4.74 Å². The van der Waals surface area contributed by atoms with Gasteiger partial charge in [-0.3, -0.25) is 9.78 Å². The second-order valence-corrected chi connectivity index (χ2v) is 6.91. The molecule has 30 heavy (non-hydrogen) atoms. The smallest absolute Gasteiger partial charge is 0.274 e. The monoisotopic (exact) mass is 399 g/mol. The van der Waals surface area contributed by atoms with E-state index in [1.807, 2.05) is 62.4 Å². The van der Waals surface area contributed by atoms with Crippen LogP contribution in [0.15, 0.2) is 73.2 Å². The van der Waals surface area contributed by atoms with E-state index in [0.29, 0.717) is 17.3 Å². The van der Waals surface area contributed by atoms with Crippen LogP contribution in [0, 0.1) is 0 Å². The lowest BCUT2D eigenvalue weighted by molar-refractivity contribution is 0.102. The van der Waals surface area contributed by atoms with E-state index in [2.05, 4.69) is 25.6 Å². The number of pyridine rings is 1. The number of fused-ring (bicyclic) bond motifs is 1. The van der Waals surface area contributed by atoms with Crippen molar-refractivity contribution in [2.24, 2.45) is 0 Å². The molecule has 1 amide bonds. The van der Waals surface area contributed by atoms with Crippen molar-refractivity contribution in [3.8, 4) is 5.75 Å². The molecule has 0 bridgehead atoms. The Hall–Kier alpha value is -4.00. The van der Waals surface area contributed by atoms with Crippen molar-refractivity contribution in [1.82, 2.24) is 15.0 Å². The number of aromatic nitrogens is 3. The van der Waals surface area contributed by atoms with Crippen molar-refractivity contribution in [1.29, 1.82) is 0 Å². The summed E-state index contributed by atoms with van der Waals surface area (Å²) in [6.45, 7) is 3.87. The van der Waals surface area contributed by atoms with Crippen LogP contribution < -0.4 is 15.4 Å². The topological polar surface area (TPSA) is 89.0 Å². The lowest BCUT2D eigenvalue weighted by atomic mass is 10.2. The van der Waals surface area contributed by atoms with Gasteiger partial charge >= 0.3 is 0 Å². The molecule has 0 aliphatic heterocycles. The van der Waals surface area contributed by atoms with Crippen molar-refractivity contribution < 1.29 is 9.53 Å². The van der Waals surface area contributed by atoms with Crippen molar-refractivity contribution in [2.75, 3.05) is 10.6 Å². The summed E-state index contributed by atoms with van der Waals surface area (Å²) in [5.74, 6) is 0.756. The normalized spacial score (nSPS) is 10.8. The molecule has 0 fully saturated rings. The van der Waals surface area contributed by atoms with Crippen LogP contribution in [0.3, 0.4) is 0 Å². The van der Waals surface area contributed by atoms with Crippen LogP contribution in [0.5, 0.6) is 5.75 Å². The fraction of sp³-hybridized carbons (Fsp3) is 0.130. The first-order chi connectivity index (χ1) is 14.6. The van der Waals surface area contributed by atoms with Crippen molar-refractivity contribution >= 4 is 34.0 Å². The molecule has 0 spiro atoms. The molecular formula is C23H21N5O2. The molecule has 0 unspecified atom stereocenters. The molecule has 7 nitrogen and oxygen atoms in total. The molecule has 150 valence electrons. The van der Waals surface area contributed by atoms with Crippen LogP contribution in [-0.2, 0) is 0 Å². The molecule has 2 N–H and O–H groups in total. The second-order valence-electron chi connectivity index (χ2n) is 6.91. The summed E-state index contributed by atoms with van der Waals surface area (Å²) in [4.78, 5) is 25.5. The molecule has 0 aliphatic rings. The van der Waals surface area contributed by atoms with Gasteiger partial charge in [0.1, 0.15) is 23.6 Å². The predicted molar refractivity (Wildman–Crippen MR) is 117 cm³/mol. The van der Waals surface area contributed by atoms with Crippen molar-refractivity contribution in [3.05, 3.63) is 78.9 Å². The van der Waals surface area contributed by atoms with Crippen molar-refractivity contribution in [2.45, 2.75) is 20.0 Å². The maximum atomic E-state index is 12.8. The van der Waals surface area contributed by atoms with E-state index in [1.165, 1.54) is 6.33 Å². The van der Waals surface area contributed by atoms with Crippen LogP contribution >= 0.6 is 0 Å². The lowest BCUT2D eigenvalue weighted by Gasteiger charge is -2.14. The summed E-state index contributed by atoms with van der Waals surface area (Å²) in [5.41, 5.74) is 2.45. The minimum Gasteiger partial charge on any atom is -0.489 e. The molecule has 2 heterocycles. The highest BCUT2D eigenvalue weighted by Crippen LogP contribution is 2.26. The first kappa shape index (κ1) is 19.3. The number of hydrogen-bond donors (Lipinski definition) is 2. The zero-order chi connectivity index (χ0) is 20.9. The first-order valence-electron chi connectivity index (χ1n) is 9.60. The summed E-state index contributed by atoms with van der Waals surface area (Å²) in [7, 11) is 0. The van der Waals surface area contributed by atoms with E-state index in [0.717, 1.165) is 16.6 Å². The SMILES string of the molecule is CC(C)Oc1ccccc1NC(=O)c1cc(Nc2cccc3cccnc23)ncn1. The van der Waals surface area contributed by atoms with Gasteiger partial charge in [-0.2, -0.15) is 0 Å². The Morgan fingerprint density at radius 1 is 0.933 bits per heavy atom. The van der Waals surface area contributed by atoms with Gasteiger partial charge in [-0.05, 0) is 38.1 Å². The van der Waals surface area contributed by atoms with Gasteiger partial charge in [0.25, 0.3) is 5.91 Å². The minimum absolute atomic E-state index is 0.00721. The highest BCUT2D eigenvalue weighted by atomic mass is 16.5. The molecule has 0 aliphatic carbocycles. The molecule has 0 saturated heterocycles. The zero-order valence-corrected chi connectivity index (χ0v) is 16.7. The lowest BCUT2D eigenvalue weighted by Crippen LogP contribution is -2.16. The van der Waals surface area contributed by atoms with E-state index >= 15 is 0 Å². The van der Waals surface area contributed by atoms with Gasteiger partial charge in [-0.1, -0.05) is 30.3 Å². The number of anilines is 3. The van der Waals surface area contributed by atoms with Gasteiger partial charge in [0.2, 0.25) is 0 Å². The number of amides is 1. The molecule has 4 rings (SSSR count). The Bertz CT molecular complexity index is 1190. The van der Waals surface area contributed by atoms with E-state index in [-0.39, 0.29) is 17.7 Å². The number of benzene rings is 2. The van der Waals surface area contributed by atoms with E-state index < -0.39 is 0 Å². The van der Waals surface area contributed by atoms with Crippen LogP contribution in [0.2, 0.25) is 0 Å². The number of hydrogen-bond acceptors (Lipinski definition) is 6. The molecule has 0 atom stereocenters. The summed E-state index contributed by atoms with van der Waals surface area (Å²) >= 11 is 0. The third-order valence-corrected chi connectivity index (χ3v) is 4.29. The number of carbonyl (C=O) groups excluding carboxylic acids is 1. The average molecular weight is 399 g/mol. The third kappa shape index (κ3) is 4.35. The number of para-hydroxylation sites is 3. The molecule has 0 saturated carbocycles. The van der Waals surface area contributed by atoms with Gasteiger partial charge in [-0.25, -0.2) is 9.97 Å². The standard InChI is InChI=1S/C23H21N5O2/c1-15(2)30-20-11-4-3-9-17(20)28-23(29)19-13-21(26-14-25-19)27-18-10-5-7-16-8-6-12-24-22(16)18/h3-15H,1-2H3,(H,28,29)(H,25,26,27). The predicted octanol–water partition coefficient (Wildman–Crippen LogP) is 4.81. The van der Waals surface area contributed by atoms with Crippen LogP contribution in [0.4, 0.5) is 17.2 Å². The fourth-order valence-corrected chi connectivity index (χ4v) is 3.01.